The third-order valence-corrected chi connectivity index (χ3v) is 6.12. The Hall–Kier alpha value is 0.177. The van der Waals surface area contributed by atoms with Crippen LogP contribution in [-0.4, -0.2) is 18.4 Å². The van der Waals surface area contributed by atoms with Crippen molar-refractivity contribution in [1.82, 2.24) is 0 Å². The first-order valence-corrected chi connectivity index (χ1v) is 7.68. The second-order valence-corrected chi connectivity index (χ2v) is 9.92. The highest BCUT2D eigenvalue weighted by Gasteiger charge is 2.43. The zero-order valence-corrected chi connectivity index (χ0v) is 8.28. The summed E-state index contributed by atoms with van der Waals surface area (Å²) in [5.41, 5.74) is 0. The highest BCUT2D eigenvalue weighted by molar-refractivity contribution is 6.78. The molecular formula is C8H18OSi. The Morgan fingerprint density at radius 3 is 1.70 bits per heavy atom. The first-order valence-electron chi connectivity index (χ1n) is 4.18. The molecule has 1 saturated carbocycles. The van der Waals surface area contributed by atoms with E-state index in [1.165, 1.54) is 12.8 Å². The second-order valence-electron chi connectivity index (χ2n) is 4.49. The van der Waals surface area contributed by atoms with Crippen LogP contribution in [0.2, 0.25) is 19.6 Å². The van der Waals surface area contributed by atoms with Gasteiger partial charge in [-0.2, -0.15) is 0 Å². The summed E-state index contributed by atoms with van der Waals surface area (Å²) in [5, 5.41) is 9.86. The summed E-state index contributed by atoms with van der Waals surface area (Å²) in [4.78, 5) is 0. The van der Waals surface area contributed by atoms with E-state index in [0.717, 1.165) is 12.8 Å². The molecule has 0 radical (unpaired) electrons. The van der Waals surface area contributed by atoms with Crippen LogP contribution in [0.15, 0.2) is 0 Å². The van der Waals surface area contributed by atoms with Gasteiger partial charge < -0.3 is 5.11 Å². The van der Waals surface area contributed by atoms with Gasteiger partial charge in [-0.1, -0.05) is 32.5 Å². The summed E-state index contributed by atoms with van der Waals surface area (Å²) in [7, 11) is -1.29. The van der Waals surface area contributed by atoms with Crippen molar-refractivity contribution >= 4 is 8.07 Å². The highest BCUT2D eigenvalue weighted by Crippen LogP contribution is 2.36. The molecule has 0 atom stereocenters. The van der Waals surface area contributed by atoms with Gasteiger partial charge in [-0.15, -0.1) is 0 Å². The van der Waals surface area contributed by atoms with Crippen LogP contribution >= 0.6 is 0 Å². The molecule has 0 aliphatic heterocycles. The van der Waals surface area contributed by atoms with E-state index in [0.29, 0.717) is 0 Å². The highest BCUT2D eigenvalue weighted by atomic mass is 28.3. The fraction of sp³-hybridized carbons (Fsp3) is 1.00. The van der Waals surface area contributed by atoms with Gasteiger partial charge in [0.2, 0.25) is 0 Å². The van der Waals surface area contributed by atoms with Crippen LogP contribution in [0.25, 0.3) is 0 Å². The van der Waals surface area contributed by atoms with E-state index in [1.807, 2.05) is 0 Å². The predicted octanol–water partition coefficient (Wildman–Crippen LogP) is 2.17. The standard InChI is InChI=1S/C8H18OSi/c1-10(2,3)8(9)6-4-5-7-8/h9H,4-7H2,1-3H3. The molecule has 0 aromatic heterocycles. The zero-order chi connectivity index (χ0) is 7.83. The van der Waals surface area contributed by atoms with Gasteiger partial charge in [-0.3, -0.25) is 0 Å². The Labute approximate surface area is 64.5 Å². The van der Waals surface area contributed by atoms with Crippen molar-refractivity contribution in [3.63, 3.8) is 0 Å². The van der Waals surface area contributed by atoms with Crippen LogP contribution in [0.5, 0.6) is 0 Å². The summed E-state index contributed by atoms with van der Waals surface area (Å²) in [6.45, 7) is 6.79. The minimum absolute atomic E-state index is 0.229. The van der Waals surface area contributed by atoms with E-state index >= 15 is 0 Å². The molecule has 10 heavy (non-hydrogen) atoms. The smallest absolute Gasteiger partial charge is 0.0820 e. The Bertz CT molecular complexity index is 120. The first-order chi connectivity index (χ1) is 4.46. The average Bonchev–Trinajstić information content (AvgIpc) is 2.13. The van der Waals surface area contributed by atoms with Gasteiger partial charge in [0.15, 0.2) is 0 Å². The quantitative estimate of drug-likeness (QED) is 0.580. The molecule has 1 aliphatic carbocycles. The summed E-state index contributed by atoms with van der Waals surface area (Å²) in [5.74, 6) is 0. The first kappa shape index (κ1) is 8.28. The fourth-order valence-corrected chi connectivity index (χ4v) is 3.56. The molecule has 1 N–H and O–H groups in total. The molecule has 1 nitrogen and oxygen atoms in total. The van der Waals surface area contributed by atoms with Crippen molar-refractivity contribution < 1.29 is 5.11 Å². The normalized spacial score (nSPS) is 25.2. The predicted molar refractivity (Wildman–Crippen MR) is 46.8 cm³/mol. The zero-order valence-electron chi connectivity index (χ0n) is 7.28. The minimum atomic E-state index is -1.29. The number of hydrogen-bond acceptors (Lipinski definition) is 1. The Kier molecular flexibility index (Phi) is 1.94. The van der Waals surface area contributed by atoms with Crippen LogP contribution in [0.4, 0.5) is 0 Å². The van der Waals surface area contributed by atoms with Gasteiger partial charge in [0.1, 0.15) is 0 Å². The van der Waals surface area contributed by atoms with E-state index in [9.17, 15) is 5.11 Å². The van der Waals surface area contributed by atoms with Gasteiger partial charge in [-0.25, -0.2) is 0 Å². The van der Waals surface area contributed by atoms with Crippen LogP contribution in [0.3, 0.4) is 0 Å². The summed E-state index contributed by atoms with van der Waals surface area (Å²) >= 11 is 0. The van der Waals surface area contributed by atoms with E-state index in [-0.39, 0.29) is 5.22 Å². The van der Waals surface area contributed by atoms with Gasteiger partial charge in [0, 0.05) is 0 Å². The third-order valence-electron chi connectivity index (χ3n) is 2.83. The maximum Gasteiger partial charge on any atom is 0.0820 e. The molecule has 60 valence electrons. The van der Waals surface area contributed by atoms with Gasteiger partial charge in [0.25, 0.3) is 0 Å². The molecule has 0 unspecified atom stereocenters. The number of aliphatic hydroxyl groups is 1. The number of rotatable bonds is 1. The summed E-state index contributed by atoms with van der Waals surface area (Å²) in [6, 6.07) is 0. The van der Waals surface area contributed by atoms with Crippen LogP contribution in [0.1, 0.15) is 25.7 Å². The Balaban J connectivity index is 2.67. The molecule has 0 spiro atoms. The molecule has 0 saturated heterocycles. The monoisotopic (exact) mass is 158 g/mol. The lowest BCUT2D eigenvalue weighted by Gasteiger charge is -2.35. The summed E-state index contributed by atoms with van der Waals surface area (Å²) in [6.07, 6.45) is 4.59. The molecule has 0 aromatic rings. The Morgan fingerprint density at radius 1 is 1.10 bits per heavy atom. The van der Waals surface area contributed by atoms with Crippen LogP contribution < -0.4 is 0 Å². The van der Waals surface area contributed by atoms with Crippen molar-refractivity contribution in [3.05, 3.63) is 0 Å². The number of hydrogen-bond donors (Lipinski definition) is 1. The minimum Gasteiger partial charge on any atom is -0.393 e. The average molecular weight is 158 g/mol. The van der Waals surface area contributed by atoms with E-state index < -0.39 is 8.07 Å². The van der Waals surface area contributed by atoms with Gasteiger partial charge in [0.05, 0.1) is 13.3 Å². The molecule has 0 heterocycles. The molecule has 1 rings (SSSR count). The van der Waals surface area contributed by atoms with E-state index in [2.05, 4.69) is 19.6 Å². The van der Waals surface area contributed by atoms with Crippen molar-refractivity contribution in [3.8, 4) is 0 Å². The van der Waals surface area contributed by atoms with Gasteiger partial charge in [-0.05, 0) is 12.8 Å². The molecule has 1 aliphatic rings. The molecule has 1 fully saturated rings. The van der Waals surface area contributed by atoms with Crippen LogP contribution in [0, 0.1) is 0 Å². The maximum atomic E-state index is 10.1. The van der Waals surface area contributed by atoms with Gasteiger partial charge >= 0.3 is 0 Å². The molecule has 0 bridgehead atoms. The molecule has 0 amide bonds. The second kappa shape index (κ2) is 2.34. The lowest BCUT2D eigenvalue weighted by Crippen LogP contribution is -2.49. The lowest BCUT2D eigenvalue weighted by atomic mass is 10.3. The van der Waals surface area contributed by atoms with Crippen LogP contribution in [-0.2, 0) is 0 Å². The van der Waals surface area contributed by atoms with Crippen molar-refractivity contribution in [2.45, 2.75) is 50.5 Å². The van der Waals surface area contributed by atoms with Crippen molar-refractivity contribution in [2.24, 2.45) is 0 Å². The Morgan fingerprint density at radius 2 is 1.50 bits per heavy atom. The topological polar surface area (TPSA) is 20.2 Å². The van der Waals surface area contributed by atoms with E-state index in [4.69, 9.17) is 0 Å². The summed E-state index contributed by atoms with van der Waals surface area (Å²) < 4.78 is 0. The lowest BCUT2D eigenvalue weighted by molar-refractivity contribution is 0.123. The van der Waals surface area contributed by atoms with Crippen molar-refractivity contribution in [2.75, 3.05) is 0 Å². The molecular weight excluding hydrogens is 140 g/mol. The third kappa shape index (κ3) is 1.27. The largest absolute Gasteiger partial charge is 0.393 e. The SMILES string of the molecule is C[Si](C)(C)C1(O)CCCC1. The maximum absolute atomic E-state index is 10.1. The fourth-order valence-electron chi connectivity index (χ4n) is 1.71. The molecule has 2 heteroatoms. The van der Waals surface area contributed by atoms with Crippen molar-refractivity contribution in [1.29, 1.82) is 0 Å². The van der Waals surface area contributed by atoms with E-state index in [1.54, 1.807) is 0 Å². The molecule has 0 aromatic carbocycles.